The van der Waals surface area contributed by atoms with Crippen molar-refractivity contribution in [2.24, 2.45) is 0 Å². The second kappa shape index (κ2) is 8.54. The van der Waals surface area contributed by atoms with Gasteiger partial charge in [0.25, 0.3) is 0 Å². The second-order valence-electron chi connectivity index (χ2n) is 5.30. The Morgan fingerprint density at radius 2 is 1.79 bits per heavy atom. The van der Waals surface area contributed by atoms with Crippen LogP contribution >= 0.6 is 23.2 Å². The van der Waals surface area contributed by atoms with Gasteiger partial charge in [-0.15, -0.1) is 6.58 Å². The molecule has 0 aliphatic heterocycles. The second-order valence-corrected chi connectivity index (χ2v) is 6.11. The van der Waals surface area contributed by atoms with Crippen molar-refractivity contribution in [1.29, 1.82) is 5.26 Å². The van der Waals surface area contributed by atoms with E-state index < -0.39 is 0 Å². The number of amides is 1. The molecule has 0 saturated carbocycles. The lowest BCUT2D eigenvalue weighted by atomic mass is 10.1. The Balaban J connectivity index is 2.10. The van der Waals surface area contributed by atoms with Crippen LogP contribution < -0.4 is 0 Å². The third-order valence-corrected chi connectivity index (χ3v) is 4.24. The predicted molar refractivity (Wildman–Crippen MR) is 96.9 cm³/mol. The minimum absolute atomic E-state index is 0.0300. The van der Waals surface area contributed by atoms with Crippen molar-refractivity contribution in [2.45, 2.75) is 13.0 Å². The topological polar surface area (TPSA) is 44.1 Å². The number of nitrogens with zero attached hydrogens (tertiary/aromatic N) is 2. The molecule has 2 rings (SSSR count). The first-order chi connectivity index (χ1) is 11.5. The monoisotopic (exact) mass is 358 g/mol. The third-order valence-electron chi connectivity index (χ3n) is 3.50. The van der Waals surface area contributed by atoms with Crippen LogP contribution in [0.5, 0.6) is 0 Å². The van der Waals surface area contributed by atoms with Crippen LogP contribution in [-0.2, 0) is 17.8 Å². The highest BCUT2D eigenvalue weighted by Crippen LogP contribution is 2.23. The average molecular weight is 359 g/mol. The van der Waals surface area contributed by atoms with Gasteiger partial charge >= 0.3 is 0 Å². The van der Waals surface area contributed by atoms with Crippen LogP contribution in [0.25, 0.3) is 0 Å². The van der Waals surface area contributed by atoms with E-state index in [1.54, 1.807) is 41.3 Å². The highest BCUT2D eigenvalue weighted by molar-refractivity contribution is 6.42. The molecule has 0 aromatic heterocycles. The molecule has 24 heavy (non-hydrogen) atoms. The van der Waals surface area contributed by atoms with Crippen molar-refractivity contribution < 1.29 is 4.79 Å². The van der Waals surface area contributed by atoms with Crippen molar-refractivity contribution in [2.75, 3.05) is 6.54 Å². The first-order valence-electron chi connectivity index (χ1n) is 7.35. The number of carbonyl (C=O) groups is 1. The maximum absolute atomic E-state index is 12.6. The molecule has 0 fully saturated rings. The molecule has 0 saturated heterocycles. The van der Waals surface area contributed by atoms with Crippen molar-refractivity contribution in [3.05, 3.63) is 81.9 Å². The molecule has 0 spiro atoms. The lowest BCUT2D eigenvalue weighted by molar-refractivity contribution is -0.130. The average Bonchev–Trinajstić information content (AvgIpc) is 2.58. The summed E-state index contributed by atoms with van der Waals surface area (Å²) in [6.07, 6.45) is 1.93. The molecule has 122 valence electrons. The van der Waals surface area contributed by atoms with Gasteiger partial charge in [0.1, 0.15) is 0 Å². The van der Waals surface area contributed by atoms with Gasteiger partial charge in [-0.25, -0.2) is 0 Å². The van der Waals surface area contributed by atoms with Gasteiger partial charge in [-0.1, -0.05) is 47.5 Å². The van der Waals surface area contributed by atoms with Gasteiger partial charge in [-0.3, -0.25) is 4.79 Å². The SMILES string of the molecule is C=CCN(Cc1ccc(C#N)cc1)C(=O)Cc1ccc(Cl)c(Cl)c1. The number of hydrogen-bond donors (Lipinski definition) is 0. The largest absolute Gasteiger partial charge is 0.334 e. The zero-order chi connectivity index (χ0) is 17.5. The van der Waals surface area contributed by atoms with E-state index in [2.05, 4.69) is 12.6 Å². The summed E-state index contributed by atoms with van der Waals surface area (Å²) >= 11 is 11.9. The molecule has 2 aromatic rings. The number of nitriles is 1. The van der Waals surface area contributed by atoms with Crippen LogP contribution in [-0.4, -0.2) is 17.4 Å². The molecule has 0 N–H and O–H groups in total. The summed E-state index contributed by atoms with van der Waals surface area (Å²) in [5.74, 6) is -0.0300. The minimum atomic E-state index is -0.0300. The Kier molecular flexibility index (Phi) is 6.43. The van der Waals surface area contributed by atoms with Crippen LogP contribution in [0.4, 0.5) is 0 Å². The molecule has 1 amide bonds. The maximum Gasteiger partial charge on any atom is 0.227 e. The van der Waals surface area contributed by atoms with Crippen molar-refractivity contribution in [3.8, 4) is 6.07 Å². The summed E-state index contributed by atoms with van der Waals surface area (Å²) in [7, 11) is 0. The van der Waals surface area contributed by atoms with Crippen LogP contribution in [0.1, 0.15) is 16.7 Å². The van der Waals surface area contributed by atoms with Crippen molar-refractivity contribution >= 4 is 29.1 Å². The van der Waals surface area contributed by atoms with E-state index in [1.165, 1.54) is 0 Å². The summed E-state index contributed by atoms with van der Waals surface area (Å²) < 4.78 is 0. The third kappa shape index (κ3) is 4.86. The lowest BCUT2D eigenvalue weighted by Crippen LogP contribution is -2.32. The molecule has 2 aromatic carbocycles. The smallest absolute Gasteiger partial charge is 0.227 e. The van der Waals surface area contributed by atoms with E-state index >= 15 is 0 Å². The summed E-state index contributed by atoms with van der Waals surface area (Å²) in [5.41, 5.74) is 2.36. The molecular weight excluding hydrogens is 343 g/mol. The van der Waals surface area contributed by atoms with Crippen molar-refractivity contribution in [3.63, 3.8) is 0 Å². The molecule has 0 atom stereocenters. The fourth-order valence-corrected chi connectivity index (χ4v) is 2.57. The van der Waals surface area contributed by atoms with Gasteiger partial charge in [-0.2, -0.15) is 5.26 Å². The first kappa shape index (κ1) is 18.1. The molecule has 3 nitrogen and oxygen atoms in total. The fourth-order valence-electron chi connectivity index (χ4n) is 2.25. The number of rotatable bonds is 6. The normalized spacial score (nSPS) is 10.0. The molecule has 0 heterocycles. The summed E-state index contributed by atoms with van der Waals surface area (Å²) in [6, 6.07) is 14.4. The Labute approximate surface area is 151 Å². The summed E-state index contributed by atoms with van der Waals surface area (Å²) in [6.45, 7) is 4.61. The van der Waals surface area contributed by atoms with Gasteiger partial charge in [0.2, 0.25) is 5.91 Å². The summed E-state index contributed by atoms with van der Waals surface area (Å²) in [5, 5.41) is 9.74. The van der Waals surface area contributed by atoms with E-state index in [9.17, 15) is 4.79 Å². The number of hydrogen-bond acceptors (Lipinski definition) is 2. The number of carbonyl (C=O) groups excluding carboxylic acids is 1. The molecular formula is C19H16Cl2N2O. The Hall–Kier alpha value is -2.28. The molecule has 5 heteroatoms. The Bertz CT molecular complexity index is 779. The lowest BCUT2D eigenvalue weighted by Gasteiger charge is -2.21. The zero-order valence-electron chi connectivity index (χ0n) is 13.0. The maximum atomic E-state index is 12.6. The minimum Gasteiger partial charge on any atom is -0.334 e. The number of benzene rings is 2. The van der Waals surface area contributed by atoms with E-state index in [0.29, 0.717) is 28.7 Å². The molecule has 0 radical (unpaired) electrons. The molecule has 0 bridgehead atoms. The Morgan fingerprint density at radius 1 is 1.12 bits per heavy atom. The fraction of sp³-hybridized carbons (Fsp3) is 0.158. The van der Waals surface area contributed by atoms with E-state index in [0.717, 1.165) is 11.1 Å². The number of halogens is 2. The van der Waals surface area contributed by atoms with E-state index in [-0.39, 0.29) is 12.3 Å². The quantitative estimate of drug-likeness (QED) is 0.707. The highest BCUT2D eigenvalue weighted by Gasteiger charge is 2.14. The van der Waals surface area contributed by atoms with Gasteiger partial charge in [0.05, 0.1) is 28.1 Å². The summed E-state index contributed by atoms with van der Waals surface area (Å²) in [4.78, 5) is 14.3. The molecule has 0 aliphatic carbocycles. The first-order valence-corrected chi connectivity index (χ1v) is 8.10. The predicted octanol–water partition coefficient (Wildman–Crippen LogP) is 4.62. The zero-order valence-corrected chi connectivity index (χ0v) is 14.5. The van der Waals surface area contributed by atoms with Gasteiger partial charge in [-0.05, 0) is 35.4 Å². The van der Waals surface area contributed by atoms with Crippen LogP contribution in [0.15, 0.2) is 55.1 Å². The van der Waals surface area contributed by atoms with Crippen LogP contribution in [0, 0.1) is 11.3 Å². The van der Waals surface area contributed by atoms with Crippen LogP contribution in [0.2, 0.25) is 10.0 Å². The van der Waals surface area contributed by atoms with Crippen molar-refractivity contribution in [1.82, 2.24) is 4.90 Å². The van der Waals surface area contributed by atoms with Gasteiger partial charge in [0.15, 0.2) is 0 Å². The van der Waals surface area contributed by atoms with E-state index in [4.69, 9.17) is 28.5 Å². The molecule has 0 aliphatic rings. The van der Waals surface area contributed by atoms with Crippen LogP contribution in [0.3, 0.4) is 0 Å². The van der Waals surface area contributed by atoms with Gasteiger partial charge in [0, 0.05) is 13.1 Å². The molecule has 0 unspecified atom stereocenters. The Morgan fingerprint density at radius 3 is 2.38 bits per heavy atom. The van der Waals surface area contributed by atoms with Gasteiger partial charge < -0.3 is 4.90 Å². The standard InChI is InChI=1S/C19H16Cl2N2O/c1-2-9-23(13-15-5-3-14(12-22)4-6-15)19(24)11-16-7-8-17(20)18(21)10-16/h2-8,10H,1,9,11,13H2. The highest BCUT2D eigenvalue weighted by atomic mass is 35.5. The van der Waals surface area contributed by atoms with E-state index in [1.807, 2.05) is 12.1 Å².